The van der Waals surface area contributed by atoms with Gasteiger partial charge in [-0.3, -0.25) is 4.68 Å². The second-order valence-corrected chi connectivity index (χ2v) is 4.41. The number of nitrogens with two attached hydrogens (primary N) is 1. The molecule has 1 atom stereocenters. The zero-order valence-corrected chi connectivity index (χ0v) is 9.40. The maximum Gasteiger partial charge on any atom is 0.0625 e. The first-order valence-electron chi connectivity index (χ1n) is 5.32. The van der Waals surface area contributed by atoms with Gasteiger partial charge in [0.05, 0.1) is 5.69 Å². The number of rotatable bonds is 5. The van der Waals surface area contributed by atoms with Crippen LogP contribution < -0.4 is 5.73 Å². The van der Waals surface area contributed by atoms with E-state index in [4.69, 9.17) is 5.73 Å². The summed E-state index contributed by atoms with van der Waals surface area (Å²) in [6.07, 6.45) is 5.11. The van der Waals surface area contributed by atoms with E-state index in [0.29, 0.717) is 12.0 Å². The van der Waals surface area contributed by atoms with Gasteiger partial charge in [-0.15, -0.1) is 0 Å². The molecule has 1 heterocycles. The second-order valence-electron chi connectivity index (χ2n) is 4.41. The molecule has 1 aromatic rings. The lowest BCUT2D eigenvalue weighted by molar-refractivity contribution is 0.471. The van der Waals surface area contributed by atoms with Crippen molar-refractivity contribution in [3.8, 4) is 0 Å². The average Bonchev–Trinajstić information content (AvgIpc) is 2.47. The number of hydrogen-bond acceptors (Lipinski definition) is 2. The van der Waals surface area contributed by atoms with Gasteiger partial charge in [0.1, 0.15) is 0 Å². The molecule has 0 saturated carbocycles. The normalized spacial score (nSPS) is 13.5. The highest BCUT2D eigenvalue weighted by Crippen LogP contribution is 2.08. The summed E-state index contributed by atoms with van der Waals surface area (Å²) >= 11 is 0. The predicted octanol–water partition coefficient (Wildman–Crippen LogP) is 1.73. The molecule has 1 aromatic heterocycles. The van der Waals surface area contributed by atoms with Crippen LogP contribution in [0.4, 0.5) is 0 Å². The monoisotopic (exact) mass is 195 g/mol. The van der Waals surface area contributed by atoms with E-state index in [2.05, 4.69) is 25.0 Å². The highest BCUT2D eigenvalue weighted by molar-refractivity contribution is 4.99. The summed E-state index contributed by atoms with van der Waals surface area (Å²) in [6.45, 7) is 4.42. The van der Waals surface area contributed by atoms with Crippen LogP contribution in [0.15, 0.2) is 12.3 Å². The van der Waals surface area contributed by atoms with Gasteiger partial charge in [-0.1, -0.05) is 13.8 Å². The fraction of sp³-hybridized carbons (Fsp3) is 0.727. The van der Waals surface area contributed by atoms with Crippen LogP contribution in [0, 0.1) is 5.92 Å². The second kappa shape index (κ2) is 5.15. The van der Waals surface area contributed by atoms with Gasteiger partial charge in [-0.25, -0.2) is 0 Å². The largest absolute Gasteiger partial charge is 0.328 e. The van der Waals surface area contributed by atoms with Gasteiger partial charge < -0.3 is 5.73 Å². The molecule has 0 aliphatic heterocycles. The summed E-state index contributed by atoms with van der Waals surface area (Å²) in [5.41, 5.74) is 7.14. The fourth-order valence-electron chi connectivity index (χ4n) is 1.65. The third-order valence-electron chi connectivity index (χ3n) is 2.31. The number of hydrogen-bond donors (Lipinski definition) is 1. The van der Waals surface area contributed by atoms with Gasteiger partial charge in [-0.2, -0.15) is 5.10 Å². The summed E-state index contributed by atoms with van der Waals surface area (Å²) in [4.78, 5) is 0. The molecule has 3 heteroatoms. The molecular formula is C11H21N3. The third-order valence-corrected chi connectivity index (χ3v) is 2.31. The van der Waals surface area contributed by atoms with Crippen molar-refractivity contribution in [1.82, 2.24) is 9.78 Å². The van der Waals surface area contributed by atoms with E-state index in [9.17, 15) is 0 Å². The maximum absolute atomic E-state index is 5.99. The van der Waals surface area contributed by atoms with Crippen molar-refractivity contribution in [2.75, 3.05) is 0 Å². The standard InChI is InChI=1S/C11H21N3/c1-9(2)8-10(12)4-5-11-6-7-14(3)13-11/h6-7,9-10H,4-5,8,12H2,1-3H3. The van der Waals surface area contributed by atoms with Crippen molar-refractivity contribution in [3.63, 3.8) is 0 Å². The van der Waals surface area contributed by atoms with Crippen LogP contribution in [-0.4, -0.2) is 15.8 Å². The Labute approximate surface area is 86.3 Å². The van der Waals surface area contributed by atoms with Gasteiger partial charge in [0.25, 0.3) is 0 Å². The lowest BCUT2D eigenvalue weighted by atomic mass is 10.00. The summed E-state index contributed by atoms with van der Waals surface area (Å²) in [6, 6.07) is 2.37. The number of aryl methyl sites for hydroxylation is 2. The van der Waals surface area contributed by atoms with Crippen molar-refractivity contribution in [2.45, 2.75) is 39.2 Å². The van der Waals surface area contributed by atoms with Crippen molar-refractivity contribution in [2.24, 2.45) is 18.7 Å². The molecule has 0 aromatic carbocycles. The van der Waals surface area contributed by atoms with E-state index < -0.39 is 0 Å². The quantitative estimate of drug-likeness (QED) is 0.777. The highest BCUT2D eigenvalue weighted by atomic mass is 15.2. The molecule has 0 bridgehead atoms. The van der Waals surface area contributed by atoms with Gasteiger partial charge in [0, 0.05) is 19.3 Å². The fourth-order valence-corrected chi connectivity index (χ4v) is 1.65. The molecule has 0 aliphatic rings. The van der Waals surface area contributed by atoms with Crippen LogP contribution in [0.3, 0.4) is 0 Å². The molecule has 0 spiro atoms. The molecule has 0 amide bonds. The first kappa shape index (κ1) is 11.2. The first-order chi connectivity index (χ1) is 6.58. The third kappa shape index (κ3) is 3.92. The van der Waals surface area contributed by atoms with Gasteiger partial charge in [-0.05, 0) is 31.2 Å². The van der Waals surface area contributed by atoms with E-state index in [1.807, 2.05) is 17.9 Å². The van der Waals surface area contributed by atoms with E-state index in [-0.39, 0.29) is 0 Å². The maximum atomic E-state index is 5.99. The Hall–Kier alpha value is -0.830. The Morgan fingerprint density at radius 1 is 1.50 bits per heavy atom. The Morgan fingerprint density at radius 2 is 2.21 bits per heavy atom. The van der Waals surface area contributed by atoms with E-state index in [0.717, 1.165) is 25.0 Å². The zero-order valence-electron chi connectivity index (χ0n) is 9.40. The van der Waals surface area contributed by atoms with Crippen LogP contribution >= 0.6 is 0 Å². The molecule has 0 radical (unpaired) electrons. The molecule has 0 fully saturated rings. The van der Waals surface area contributed by atoms with E-state index in [1.165, 1.54) is 0 Å². The molecular weight excluding hydrogens is 174 g/mol. The number of nitrogens with zero attached hydrogens (tertiary/aromatic N) is 2. The molecule has 80 valence electrons. The van der Waals surface area contributed by atoms with Crippen molar-refractivity contribution in [1.29, 1.82) is 0 Å². The lowest BCUT2D eigenvalue weighted by Crippen LogP contribution is -2.22. The molecule has 0 saturated heterocycles. The van der Waals surface area contributed by atoms with Gasteiger partial charge in [0.15, 0.2) is 0 Å². The minimum atomic E-state index is 0.317. The summed E-state index contributed by atoms with van der Waals surface area (Å²) in [5, 5.41) is 4.32. The number of aromatic nitrogens is 2. The Bertz CT molecular complexity index is 265. The lowest BCUT2D eigenvalue weighted by Gasteiger charge is -2.12. The summed E-state index contributed by atoms with van der Waals surface area (Å²) in [5.74, 6) is 0.689. The molecule has 3 nitrogen and oxygen atoms in total. The average molecular weight is 195 g/mol. The first-order valence-corrected chi connectivity index (χ1v) is 5.32. The molecule has 0 aliphatic carbocycles. The topological polar surface area (TPSA) is 43.8 Å². The Morgan fingerprint density at radius 3 is 2.71 bits per heavy atom. The van der Waals surface area contributed by atoms with Crippen LogP contribution in [0.1, 0.15) is 32.4 Å². The van der Waals surface area contributed by atoms with Crippen LogP contribution in [0.25, 0.3) is 0 Å². The minimum Gasteiger partial charge on any atom is -0.328 e. The minimum absolute atomic E-state index is 0.317. The van der Waals surface area contributed by atoms with E-state index in [1.54, 1.807) is 0 Å². The van der Waals surface area contributed by atoms with Crippen LogP contribution in [0.2, 0.25) is 0 Å². The highest BCUT2D eigenvalue weighted by Gasteiger charge is 2.06. The smallest absolute Gasteiger partial charge is 0.0625 e. The van der Waals surface area contributed by atoms with Gasteiger partial charge >= 0.3 is 0 Å². The molecule has 2 N–H and O–H groups in total. The molecule has 1 rings (SSSR count). The van der Waals surface area contributed by atoms with Crippen molar-refractivity contribution in [3.05, 3.63) is 18.0 Å². The van der Waals surface area contributed by atoms with Gasteiger partial charge in [0.2, 0.25) is 0 Å². The van der Waals surface area contributed by atoms with Crippen molar-refractivity contribution < 1.29 is 0 Å². The summed E-state index contributed by atoms with van der Waals surface area (Å²) < 4.78 is 1.84. The SMILES string of the molecule is CC(C)CC(N)CCc1ccn(C)n1. The van der Waals surface area contributed by atoms with Crippen molar-refractivity contribution >= 4 is 0 Å². The predicted molar refractivity (Wildman–Crippen MR) is 59.0 cm³/mol. The Balaban J connectivity index is 2.26. The molecule has 1 unspecified atom stereocenters. The summed E-state index contributed by atoms with van der Waals surface area (Å²) in [7, 11) is 1.94. The van der Waals surface area contributed by atoms with Crippen LogP contribution in [-0.2, 0) is 13.5 Å². The molecule has 14 heavy (non-hydrogen) atoms. The van der Waals surface area contributed by atoms with E-state index >= 15 is 0 Å². The van der Waals surface area contributed by atoms with Crippen LogP contribution in [0.5, 0.6) is 0 Å². The Kier molecular flexibility index (Phi) is 4.14. The zero-order chi connectivity index (χ0) is 10.6.